The summed E-state index contributed by atoms with van der Waals surface area (Å²) in [6, 6.07) is 19.8. The minimum Gasteiger partial charge on any atom is -0.462 e. The van der Waals surface area contributed by atoms with Crippen LogP contribution in [0.3, 0.4) is 0 Å². The highest BCUT2D eigenvalue weighted by atomic mass is 32.1. The van der Waals surface area contributed by atoms with E-state index in [1.807, 2.05) is 12.1 Å². The van der Waals surface area contributed by atoms with E-state index < -0.39 is 40.7 Å². The summed E-state index contributed by atoms with van der Waals surface area (Å²) in [6.07, 6.45) is 0. The molecule has 0 aliphatic rings. The summed E-state index contributed by atoms with van der Waals surface area (Å²) in [5.74, 6) is -1.91. The molecule has 0 aliphatic heterocycles. The number of esters is 4. The number of hydrogen-bond donors (Lipinski definition) is 0. The second kappa shape index (κ2) is 18.3. The summed E-state index contributed by atoms with van der Waals surface area (Å²) in [4.78, 5) is 58.3. The molecular formula is C47H46O8S6Si2. The maximum absolute atomic E-state index is 13.8. The average molecular weight is 987 g/mol. The Hall–Kier alpha value is -4.27. The minimum absolute atomic E-state index is 0.186. The molecule has 2 aromatic carbocycles. The Morgan fingerprint density at radius 3 is 0.984 bits per heavy atom. The van der Waals surface area contributed by atoms with Gasteiger partial charge in [0.05, 0.1) is 65.6 Å². The number of fused-ring (bicyclic) bond motifs is 3. The zero-order valence-electron chi connectivity index (χ0n) is 36.4. The normalized spacial score (nSPS) is 11.9. The molecule has 8 aromatic rings. The van der Waals surface area contributed by atoms with E-state index in [9.17, 15) is 19.2 Å². The second-order valence-electron chi connectivity index (χ2n) is 16.1. The van der Waals surface area contributed by atoms with Crippen LogP contribution in [0, 0.1) is 0 Å². The van der Waals surface area contributed by atoms with Gasteiger partial charge in [0.15, 0.2) is 0 Å². The van der Waals surface area contributed by atoms with Crippen molar-refractivity contribution in [3.05, 3.63) is 82.9 Å². The van der Waals surface area contributed by atoms with Crippen LogP contribution in [-0.4, -0.2) is 67.2 Å². The van der Waals surface area contributed by atoms with Gasteiger partial charge >= 0.3 is 23.9 Å². The number of carbonyl (C=O) groups is 4. The molecule has 0 spiro atoms. The molecule has 0 bridgehead atoms. The lowest BCUT2D eigenvalue weighted by Crippen LogP contribution is -2.34. The zero-order chi connectivity index (χ0) is 44.9. The largest absolute Gasteiger partial charge is 0.462 e. The van der Waals surface area contributed by atoms with Crippen LogP contribution in [-0.2, 0) is 18.9 Å². The van der Waals surface area contributed by atoms with Gasteiger partial charge in [0, 0.05) is 70.0 Å². The molecule has 0 atom stereocenters. The van der Waals surface area contributed by atoms with Crippen LogP contribution in [0.4, 0.5) is 0 Å². The molecule has 326 valence electrons. The number of ether oxygens (including phenoxy) is 4. The third-order valence-corrected chi connectivity index (χ3v) is 23.8. The molecule has 0 fully saturated rings. The van der Waals surface area contributed by atoms with Gasteiger partial charge in [-0.3, -0.25) is 0 Å². The van der Waals surface area contributed by atoms with Crippen LogP contribution >= 0.6 is 68.0 Å². The lowest BCUT2D eigenvalue weighted by molar-refractivity contribution is 0.0513. The van der Waals surface area contributed by atoms with Crippen LogP contribution in [0.25, 0.3) is 70.0 Å². The number of carbonyl (C=O) groups excluding carboxylic acids is 4. The molecule has 0 N–H and O–H groups in total. The summed E-state index contributed by atoms with van der Waals surface area (Å²) in [7, 11) is -2.50. The predicted octanol–water partition coefficient (Wildman–Crippen LogP) is 13.1. The van der Waals surface area contributed by atoms with Crippen molar-refractivity contribution in [2.45, 2.75) is 60.4 Å². The minimum atomic E-state index is -1.52. The third kappa shape index (κ3) is 8.93. The molecule has 0 unspecified atom stereocenters. The fraction of sp³-hybridized carbons (Fsp3) is 0.277. The van der Waals surface area contributed by atoms with Crippen molar-refractivity contribution in [2.75, 3.05) is 26.4 Å². The van der Waals surface area contributed by atoms with Crippen LogP contribution in [0.1, 0.15) is 69.1 Å². The van der Waals surface area contributed by atoms with Crippen LogP contribution in [0.15, 0.2) is 60.7 Å². The smallest absolute Gasteiger partial charge is 0.338 e. The van der Waals surface area contributed by atoms with Gasteiger partial charge in [0.2, 0.25) is 0 Å². The summed E-state index contributed by atoms with van der Waals surface area (Å²) < 4.78 is 31.7. The molecule has 16 heteroatoms. The standard InChI is InChI=1S/C47H46O8S6Si2/c1-10-52-44(48)28-16-26(34-20-38-40(58-34)22-42(60-38)62(5)6)30(46(50)54-12-3)14-24(28)32-18-36-37(56-32)19-33(57-36)25-15-31(47(51)55-13-4)27(17-29(25)45(49)53-11-2)35-21-39-41(59-35)23-43(61-39)63(7,8)9/h14-23,62H,10-13H2,1-9H3. The lowest BCUT2D eigenvalue weighted by atomic mass is 9.96. The van der Waals surface area contributed by atoms with Crippen molar-refractivity contribution in [1.82, 2.24) is 0 Å². The highest BCUT2D eigenvalue weighted by molar-refractivity contribution is 7.36. The van der Waals surface area contributed by atoms with E-state index in [1.54, 1.807) is 97.3 Å². The molecule has 0 radical (unpaired) electrons. The van der Waals surface area contributed by atoms with Crippen molar-refractivity contribution in [3.63, 3.8) is 0 Å². The molecule has 0 amide bonds. The summed E-state index contributed by atoms with van der Waals surface area (Å²) in [5, 5.41) is 0. The van der Waals surface area contributed by atoms with Crippen molar-refractivity contribution in [2.24, 2.45) is 0 Å². The zero-order valence-corrected chi connectivity index (χ0v) is 43.4. The van der Waals surface area contributed by atoms with Gasteiger partial charge in [-0.15, -0.1) is 68.0 Å². The van der Waals surface area contributed by atoms with E-state index in [0.717, 1.165) is 47.7 Å². The first-order valence-electron chi connectivity index (χ1n) is 20.8. The van der Waals surface area contributed by atoms with Gasteiger partial charge in [0.25, 0.3) is 0 Å². The Labute approximate surface area is 392 Å². The maximum Gasteiger partial charge on any atom is 0.338 e. The Bertz CT molecular complexity index is 2980. The number of hydrogen-bond acceptors (Lipinski definition) is 14. The molecule has 0 aliphatic carbocycles. The van der Waals surface area contributed by atoms with Gasteiger partial charge in [-0.05, 0) is 97.4 Å². The van der Waals surface area contributed by atoms with Gasteiger partial charge in [0.1, 0.15) is 0 Å². The summed E-state index contributed by atoms with van der Waals surface area (Å²) in [6.45, 7) is 19.5. The van der Waals surface area contributed by atoms with E-state index in [1.165, 1.54) is 31.7 Å². The molecule has 0 saturated carbocycles. The fourth-order valence-corrected chi connectivity index (χ4v) is 18.3. The van der Waals surface area contributed by atoms with Crippen LogP contribution in [0.2, 0.25) is 32.7 Å². The van der Waals surface area contributed by atoms with E-state index in [-0.39, 0.29) is 26.4 Å². The third-order valence-electron chi connectivity index (χ3n) is 10.3. The fourth-order valence-electron chi connectivity index (χ4n) is 7.24. The monoisotopic (exact) mass is 986 g/mol. The van der Waals surface area contributed by atoms with Crippen LogP contribution in [0.5, 0.6) is 0 Å². The first-order chi connectivity index (χ1) is 30.1. The molecule has 6 aromatic heterocycles. The van der Waals surface area contributed by atoms with Gasteiger partial charge in [-0.25, -0.2) is 19.2 Å². The summed E-state index contributed by atoms with van der Waals surface area (Å²) >= 11 is 9.74. The van der Waals surface area contributed by atoms with E-state index >= 15 is 0 Å². The molecule has 8 nitrogen and oxygen atoms in total. The van der Waals surface area contributed by atoms with Gasteiger partial charge in [-0.1, -0.05) is 32.7 Å². The Morgan fingerprint density at radius 2 is 0.714 bits per heavy atom. The van der Waals surface area contributed by atoms with Gasteiger partial charge < -0.3 is 18.9 Å². The van der Waals surface area contributed by atoms with Crippen LogP contribution < -0.4 is 9.00 Å². The SMILES string of the molecule is CCOC(=O)c1cc(-c2cc3sc([SiH](C)C)cc3s2)c(C(=O)OCC)cc1-c1cc2sc(-c3cc(C(=O)OCC)c(-c4cc5sc([Si](C)(C)C)cc5s4)cc3C(=O)OCC)cc2s1. The lowest BCUT2D eigenvalue weighted by Gasteiger charge is -2.15. The quantitative estimate of drug-likeness (QED) is 0.0603. The maximum atomic E-state index is 13.8. The molecule has 0 saturated heterocycles. The molecule has 63 heavy (non-hydrogen) atoms. The average Bonchev–Trinajstić information content (AvgIpc) is 4.08. The molecule has 8 rings (SSSR count). The van der Waals surface area contributed by atoms with Crippen molar-refractivity contribution in [3.8, 4) is 41.8 Å². The Balaban J connectivity index is 1.25. The predicted molar refractivity (Wildman–Crippen MR) is 273 cm³/mol. The van der Waals surface area contributed by atoms with E-state index in [4.69, 9.17) is 18.9 Å². The van der Waals surface area contributed by atoms with Crippen molar-refractivity contribution < 1.29 is 38.1 Å². The Kier molecular flexibility index (Phi) is 13.2. The highest BCUT2D eigenvalue weighted by Gasteiger charge is 2.29. The van der Waals surface area contributed by atoms with Crippen molar-refractivity contribution in [1.29, 1.82) is 0 Å². The van der Waals surface area contributed by atoms with Crippen molar-refractivity contribution >= 4 is 146 Å². The Morgan fingerprint density at radius 1 is 0.429 bits per heavy atom. The van der Waals surface area contributed by atoms with Gasteiger partial charge in [-0.2, -0.15) is 0 Å². The highest BCUT2D eigenvalue weighted by Crippen LogP contribution is 2.47. The first kappa shape index (κ1) is 45.3. The topological polar surface area (TPSA) is 105 Å². The number of rotatable bonds is 14. The van der Waals surface area contributed by atoms with E-state index in [2.05, 4.69) is 57.0 Å². The second-order valence-corrected chi connectivity index (χ2v) is 31.3. The van der Waals surface area contributed by atoms with E-state index in [0.29, 0.717) is 44.5 Å². The number of thiophene rings is 6. The summed E-state index contributed by atoms with van der Waals surface area (Å²) in [5.41, 5.74) is 3.83. The molecular weight excluding hydrogens is 941 g/mol. The first-order valence-corrected chi connectivity index (χ1v) is 32.1. The number of benzene rings is 2. The molecule has 6 heterocycles.